The van der Waals surface area contributed by atoms with E-state index in [1.165, 1.54) is 25.3 Å². The molecule has 0 amide bonds. The van der Waals surface area contributed by atoms with Crippen molar-refractivity contribution in [1.82, 2.24) is 9.66 Å². The van der Waals surface area contributed by atoms with Gasteiger partial charge in [0.25, 0.3) is 5.56 Å². The van der Waals surface area contributed by atoms with Crippen LogP contribution in [0.25, 0.3) is 10.9 Å². The topological polar surface area (TPSA) is 92.0 Å². The molecule has 3 aromatic rings. The summed E-state index contributed by atoms with van der Waals surface area (Å²) in [6, 6.07) is 8.92. The van der Waals surface area contributed by atoms with Gasteiger partial charge < -0.3 is 14.2 Å². The van der Waals surface area contributed by atoms with Gasteiger partial charge in [-0.1, -0.05) is 35.2 Å². The second kappa shape index (κ2) is 11.3. The van der Waals surface area contributed by atoms with Gasteiger partial charge in [0.2, 0.25) is 0 Å². The lowest BCUT2D eigenvalue weighted by atomic mass is 9.88. The van der Waals surface area contributed by atoms with Crippen molar-refractivity contribution in [3.05, 3.63) is 61.0 Å². The zero-order chi connectivity index (χ0) is 24.9. The van der Waals surface area contributed by atoms with Gasteiger partial charge in [-0.05, 0) is 59.1 Å². The first-order valence-electron chi connectivity index (χ1n) is 11.2. The third-order valence-corrected chi connectivity index (χ3v) is 7.15. The second-order valence-corrected chi connectivity index (χ2v) is 9.99. The number of esters is 1. The Morgan fingerprint density at radius 3 is 2.63 bits per heavy atom. The number of aromatic nitrogens is 2. The first-order chi connectivity index (χ1) is 16.9. The molecule has 0 atom stereocenters. The van der Waals surface area contributed by atoms with Crippen LogP contribution in [0.3, 0.4) is 0 Å². The minimum absolute atomic E-state index is 0.175. The van der Waals surface area contributed by atoms with Gasteiger partial charge >= 0.3 is 5.97 Å². The van der Waals surface area contributed by atoms with E-state index in [9.17, 15) is 9.59 Å². The van der Waals surface area contributed by atoms with Crippen LogP contribution in [0.2, 0.25) is 0 Å². The normalized spacial score (nSPS) is 14.4. The summed E-state index contributed by atoms with van der Waals surface area (Å²) in [6.45, 7) is -0.245. The largest absolute Gasteiger partial charge is 0.493 e. The van der Waals surface area contributed by atoms with E-state index in [4.69, 9.17) is 14.5 Å². The first-order valence-corrected chi connectivity index (χ1v) is 12.8. The van der Waals surface area contributed by atoms with E-state index in [-0.39, 0.29) is 18.1 Å². The Morgan fingerprint density at radius 1 is 1.14 bits per heavy atom. The number of carbonyl (C=O) groups excluding carboxylic acids is 1. The minimum Gasteiger partial charge on any atom is -0.493 e. The lowest BCUT2D eigenvalue weighted by molar-refractivity contribution is -0.142. The highest BCUT2D eigenvalue weighted by Gasteiger charge is 2.22. The summed E-state index contributed by atoms with van der Waals surface area (Å²) in [5.74, 6) is 1.15. The van der Waals surface area contributed by atoms with Crippen molar-refractivity contribution in [2.75, 3.05) is 20.8 Å². The Labute approximate surface area is 219 Å². The number of rotatable bonds is 7. The van der Waals surface area contributed by atoms with Crippen molar-refractivity contribution < 1.29 is 19.0 Å². The summed E-state index contributed by atoms with van der Waals surface area (Å²) in [6.07, 6.45) is 6.97. The molecule has 0 N–H and O–H groups in total. The number of fused-ring (bicyclic) bond motifs is 1. The fourth-order valence-corrected chi connectivity index (χ4v) is 4.93. The maximum atomic E-state index is 13.5. The molecule has 10 heteroatoms. The van der Waals surface area contributed by atoms with Gasteiger partial charge in [-0.3, -0.25) is 4.79 Å². The molecule has 1 aliphatic carbocycles. The van der Waals surface area contributed by atoms with Gasteiger partial charge in [0, 0.05) is 20.4 Å². The molecule has 1 fully saturated rings. The summed E-state index contributed by atoms with van der Waals surface area (Å²) in [7, 11) is 2.80. The predicted octanol–water partition coefficient (Wildman–Crippen LogP) is 5.41. The molecule has 0 saturated heterocycles. The number of methoxy groups -OCH3 is 2. The molecule has 1 aliphatic rings. The Bertz CT molecular complexity index is 1330. The predicted molar refractivity (Wildman–Crippen MR) is 141 cm³/mol. The maximum absolute atomic E-state index is 13.5. The van der Waals surface area contributed by atoms with Crippen molar-refractivity contribution in [2.45, 2.75) is 38.0 Å². The van der Waals surface area contributed by atoms with Gasteiger partial charge in [-0.2, -0.15) is 9.78 Å². The van der Waals surface area contributed by atoms with Crippen molar-refractivity contribution >= 4 is 54.9 Å². The van der Waals surface area contributed by atoms with Crippen LogP contribution >= 0.6 is 31.9 Å². The Balaban J connectivity index is 1.76. The smallest absolute Gasteiger partial charge is 0.343 e. The zero-order valence-corrected chi connectivity index (χ0v) is 22.6. The van der Waals surface area contributed by atoms with Gasteiger partial charge in [0.15, 0.2) is 18.1 Å². The van der Waals surface area contributed by atoms with E-state index < -0.39 is 5.97 Å². The Hall–Kier alpha value is -2.72. The van der Waals surface area contributed by atoms with Crippen LogP contribution in [0.4, 0.5) is 0 Å². The van der Waals surface area contributed by atoms with Gasteiger partial charge in [0.1, 0.15) is 5.82 Å². The van der Waals surface area contributed by atoms with E-state index in [0.717, 1.165) is 30.2 Å². The van der Waals surface area contributed by atoms with E-state index in [1.54, 1.807) is 24.4 Å². The third kappa shape index (κ3) is 5.75. The zero-order valence-electron chi connectivity index (χ0n) is 19.4. The lowest BCUT2D eigenvalue weighted by Crippen LogP contribution is -2.25. The number of benzene rings is 2. The van der Waals surface area contributed by atoms with Crippen LogP contribution in [0.15, 0.2) is 49.2 Å². The molecule has 0 spiro atoms. The Kier molecular flexibility index (Phi) is 8.22. The average Bonchev–Trinajstić information content (AvgIpc) is 2.88. The quantitative estimate of drug-likeness (QED) is 0.264. The highest BCUT2D eigenvalue weighted by atomic mass is 79.9. The van der Waals surface area contributed by atoms with E-state index in [2.05, 4.69) is 41.7 Å². The van der Waals surface area contributed by atoms with Gasteiger partial charge in [-0.15, -0.1) is 0 Å². The van der Waals surface area contributed by atoms with Crippen LogP contribution in [-0.2, 0) is 9.53 Å². The third-order valence-electron chi connectivity index (χ3n) is 5.97. The van der Waals surface area contributed by atoms with Crippen molar-refractivity contribution in [2.24, 2.45) is 5.10 Å². The van der Waals surface area contributed by atoms with Crippen LogP contribution < -0.4 is 15.0 Å². The molecule has 0 unspecified atom stereocenters. The van der Waals surface area contributed by atoms with Gasteiger partial charge in [-0.25, -0.2) is 9.78 Å². The number of hydrogen-bond donors (Lipinski definition) is 0. The molecule has 4 rings (SSSR count). The summed E-state index contributed by atoms with van der Waals surface area (Å²) >= 11 is 6.96. The number of nitrogens with zero attached hydrogens (tertiary/aromatic N) is 3. The van der Waals surface area contributed by atoms with Crippen LogP contribution in [0, 0.1) is 0 Å². The highest BCUT2D eigenvalue weighted by molar-refractivity contribution is 9.10. The molecule has 35 heavy (non-hydrogen) atoms. The van der Waals surface area contributed by atoms with Crippen molar-refractivity contribution in [3.63, 3.8) is 0 Å². The average molecular weight is 607 g/mol. The summed E-state index contributed by atoms with van der Waals surface area (Å²) in [4.78, 5) is 29.8. The molecule has 1 aromatic heterocycles. The molecule has 2 aromatic carbocycles. The molecule has 8 nitrogen and oxygen atoms in total. The standard InChI is InChI=1S/C25H25Br2N3O5/c1-33-21-10-16(19(27)12-22(21)35-14-23(31)34-2)13-28-30-24(15-6-4-3-5-7-15)29-20-9-8-17(26)11-18(20)25(30)32/h8-13,15H,3-7,14H2,1-2H3. The summed E-state index contributed by atoms with van der Waals surface area (Å²) in [5.41, 5.74) is 1.12. The van der Waals surface area contributed by atoms with E-state index >= 15 is 0 Å². The number of hydrogen-bond acceptors (Lipinski definition) is 7. The molecule has 184 valence electrons. The number of halogens is 2. The maximum Gasteiger partial charge on any atom is 0.343 e. The summed E-state index contributed by atoms with van der Waals surface area (Å²) in [5, 5.41) is 5.08. The summed E-state index contributed by atoms with van der Waals surface area (Å²) < 4.78 is 18.4. The number of carbonyl (C=O) groups is 1. The lowest BCUT2D eigenvalue weighted by Gasteiger charge is -2.22. The first kappa shape index (κ1) is 25.4. The molecule has 0 aliphatic heterocycles. The molecular formula is C25H25Br2N3O5. The minimum atomic E-state index is -0.501. The molecule has 0 bridgehead atoms. The van der Waals surface area contributed by atoms with Crippen LogP contribution in [-0.4, -0.2) is 42.7 Å². The Morgan fingerprint density at radius 2 is 1.91 bits per heavy atom. The molecular weight excluding hydrogens is 582 g/mol. The van der Waals surface area contributed by atoms with Crippen molar-refractivity contribution in [3.8, 4) is 11.5 Å². The highest BCUT2D eigenvalue weighted by Crippen LogP contribution is 2.34. The molecule has 0 radical (unpaired) electrons. The fourth-order valence-electron chi connectivity index (χ4n) is 4.14. The van der Waals surface area contributed by atoms with E-state index in [0.29, 0.717) is 38.3 Å². The van der Waals surface area contributed by atoms with Crippen molar-refractivity contribution in [1.29, 1.82) is 0 Å². The van der Waals surface area contributed by atoms with E-state index in [1.807, 2.05) is 12.1 Å². The van der Waals surface area contributed by atoms with Gasteiger partial charge in [0.05, 0.1) is 31.3 Å². The number of ether oxygens (including phenoxy) is 3. The SMILES string of the molecule is COC(=O)COc1cc(Br)c(C=Nn2c(C3CCCCC3)nc3ccc(Br)cc3c2=O)cc1OC. The van der Waals surface area contributed by atoms with Crippen LogP contribution in [0.5, 0.6) is 11.5 Å². The monoisotopic (exact) mass is 605 g/mol. The molecule has 1 heterocycles. The van der Waals surface area contributed by atoms with Crippen LogP contribution in [0.1, 0.15) is 49.4 Å². The molecule has 1 saturated carbocycles. The fraction of sp³-hybridized carbons (Fsp3) is 0.360. The second-order valence-electron chi connectivity index (χ2n) is 8.22.